The maximum atomic E-state index is 12.0. The first kappa shape index (κ1) is 18.5. The highest BCUT2D eigenvalue weighted by Crippen LogP contribution is 2.38. The minimum Gasteiger partial charge on any atom is -0.351 e. The van der Waals surface area contributed by atoms with Crippen LogP contribution in [0.15, 0.2) is 24.3 Å². The molecule has 22 heavy (non-hydrogen) atoms. The molecule has 1 aromatic rings. The Morgan fingerprint density at radius 1 is 1.27 bits per heavy atom. The zero-order chi connectivity index (χ0) is 15.2. The van der Waals surface area contributed by atoms with Crippen molar-refractivity contribution < 1.29 is 9.59 Å². The summed E-state index contributed by atoms with van der Waals surface area (Å²) < 4.78 is 0. The predicted octanol–water partition coefficient (Wildman–Crippen LogP) is 2.04. The Balaban J connectivity index is 0.00000242. The number of nitrogens with one attached hydrogen (secondary N) is 3. The lowest BCUT2D eigenvalue weighted by atomic mass is 10.2. The summed E-state index contributed by atoms with van der Waals surface area (Å²) in [4.78, 5) is 23.9. The molecule has 2 rings (SSSR count). The second kappa shape index (κ2) is 8.76. The molecular weight excluding hydrogens is 302 g/mol. The number of rotatable bonds is 7. The van der Waals surface area contributed by atoms with Crippen molar-refractivity contribution >= 4 is 29.9 Å². The lowest BCUT2D eigenvalue weighted by Gasteiger charge is -2.08. The van der Waals surface area contributed by atoms with Crippen LogP contribution in [-0.4, -0.2) is 31.4 Å². The summed E-state index contributed by atoms with van der Waals surface area (Å²) in [6.45, 7) is 6.31. The van der Waals surface area contributed by atoms with Gasteiger partial charge in [0, 0.05) is 30.3 Å². The number of benzene rings is 1. The van der Waals surface area contributed by atoms with Crippen LogP contribution >= 0.6 is 12.4 Å². The van der Waals surface area contributed by atoms with Crippen molar-refractivity contribution in [2.24, 2.45) is 11.8 Å². The number of anilines is 1. The predicted molar refractivity (Wildman–Crippen MR) is 90.5 cm³/mol. The highest BCUT2D eigenvalue weighted by molar-refractivity contribution is 5.98. The van der Waals surface area contributed by atoms with Crippen molar-refractivity contribution in [3.05, 3.63) is 29.8 Å². The van der Waals surface area contributed by atoms with Crippen LogP contribution in [0.25, 0.3) is 0 Å². The van der Waals surface area contributed by atoms with Gasteiger partial charge in [0.1, 0.15) is 0 Å². The smallest absolute Gasteiger partial charge is 0.251 e. The molecule has 0 heterocycles. The zero-order valence-corrected chi connectivity index (χ0v) is 13.8. The highest BCUT2D eigenvalue weighted by Gasteiger charge is 2.39. The highest BCUT2D eigenvalue weighted by atomic mass is 35.5. The van der Waals surface area contributed by atoms with Gasteiger partial charge in [0.2, 0.25) is 5.91 Å². The van der Waals surface area contributed by atoms with Crippen LogP contribution < -0.4 is 16.0 Å². The quantitative estimate of drug-likeness (QED) is 0.672. The lowest BCUT2D eigenvalue weighted by molar-refractivity contribution is -0.117. The summed E-state index contributed by atoms with van der Waals surface area (Å²) in [6.07, 6.45) is 0.955. The van der Waals surface area contributed by atoms with Crippen molar-refractivity contribution in [1.82, 2.24) is 10.6 Å². The molecule has 0 aromatic heterocycles. The summed E-state index contributed by atoms with van der Waals surface area (Å²) in [7, 11) is 0. The number of halogens is 1. The largest absolute Gasteiger partial charge is 0.351 e. The van der Waals surface area contributed by atoms with Gasteiger partial charge in [0.25, 0.3) is 5.91 Å². The number of hydrogen-bond acceptors (Lipinski definition) is 3. The van der Waals surface area contributed by atoms with Gasteiger partial charge in [0.15, 0.2) is 0 Å². The molecule has 0 spiro atoms. The number of amides is 2. The maximum Gasteiger partial charge on any atom is 0.251 e. The second-order valence-electron chi connectivity index (χ2n) is 5.50. The van der Waals surface area contributed by atoms with Gasteiger partial charge in [-0.1, -0.05) is 19.9 Å². The molecule has 2 unspecified atom stereocenters. The van der Waals surface area contributed by atoms with Crippen LogP contribution in [0.4, 0.5) is 5.69 Å². The summed E-state index contributed by atoms with van der Waals surface area (Å²) in [5.41, 5.74) is 1.24. The number of hydrogen-bond donors (Lipinski definition) is 3. The Bertz CT molecular complexity index is 522. The summed E-state index contributed by atoms with van der Waals surface area (Å²) in [5, 5.41) is 8.86. The molecular formula is C16H24ClN3O2. The van der Waals surface area contributed by atoms with Crippen molar-refractivity contribution in [3.8, 4) is 0 Å². The lowest BCUT2D eigenvalue weighted by Crippen LogP contribution is -2.31. The molecule has 6 heteroatoms. The number of carbonyl (C=O) groups excluding carboxylic acids is 2. The van der Waals surface area contributed by atoms with E-state index in [1.165, 1.54) is 0 Å². The Morgan fingerprint density at radius 2 is 2.00 bits per heavy atom. The SMILES string of the molecule is CCNCCNC(=O)c1cccc(NC(=O)C2CC2C)c1.Cl. The molecule has 122 valence electrons. The monoisotopic (exact) mass is 325 g/mol. The van der Waals surface area contributed by atoms with E-state index in [2.05, 4.69) is 22.9 Å². The fourth-order valence-corrected chi connectivity index (χ4v) is 2.20. The summed E-state index contributed by atoms with van der Waals surface area (Å²) >= 11 is 0. The molecule has 1 aromatic carbocycles. The van der Waals surface area contributed by atoms with Crippen LogP contribution in [0.2, 0.25) is 0 Å². The molecule has 2 atom stereocenters. The molecule has 1 fully saturated rings. The van der Waals surface area contributed by atoms with E-state index in [1.54, 1.807) is 24.3 Å². The molecule has 1 aliphatic rings. The van der Waals surface area contributed by atoms with E-state index in [-0.39, 0.29) is 30.1 Å². The van der Waals surface area contributed by atoms with Gasteiger partial charge in [-0.15, -0.1) is 12.4 Å². The van der Waals surface area contributed by atoms with Gasteiger partial charge in [-0.2, -0.15) is 0 Å². The van der Waals surface area contributed by atoms with E-state index in [0.717, 1.165) is 19.5 Å². The van der Waals surface area contributed by atoms with Gasteiger partial charge >= 0.3 is 0 Å². The Hall–Kier alpha value is -1.59. The average molecular weight is 326 g/mol. The van der Waals surface area contributed by atoms with Crippen molar-refractivity contribution in [1.29, 1.82) is 0 Å². The van der Waals surface area contributed by atoms with Crippen LogP contribution in [0.1, 0.15) is 30.6 Å². The molecule has 0 saturated heterocycles. The minimum atomic E-state index is -0.121. The Morgan fingerprint density at radius 3 is 2.64 bits per heavy atom. The van der Waals surface area contributed by atoms with E-state index in [4.69, 9.17) is 0 Å². The van der Waals surface area contributed by atoms with Gasteiger partial charge in [-0.25, -0.2) is 0 Å². The maximum absolute atomic E-state index is 12.0. The Labute approximate surface area is 137 Å². The van der Waals surface area contributed by atoms with Crippen LogP contribution in [0.5, 0.6) is 0 Å². The average Bonchev–Trinajstić information content (AvgIpc) is 3.21. The Kier molecular flexibility index (Phi) is 7.35. The minimum absolute atomic E-state index is 0. The third-order valence-electron chi connectivity index (χ3n) is 3.68. The molecule has 1 aliphatic carbocycles. The third kappa shape index (κ3) is 5.31. The normalized spacial score (nSPS) is 19.0. The van der Waals surface area contributed by atoms with Crippen LogP contribution in [-0.2, 0) is 4.79 Å². The summed E-state index contributed by atoms with van der Waals surface area (Å²) in [6, 6.07) is 7.05. The van der Waals surface area contributed by atoms with Gasteiger partial charge in [-0.05, 0) is 37.1 Å². The van der Waals surface area contributed by atoms with Gasteiger partial charge in [0.05, 0.1) is 0 Å². The van der Waals surface area contributed by atoms with E-state index < -0.39 is 0 Å². The number of carbonyl (C=O) groups is 2. The first-order valence-electron chi connectivity index (χ1n) is 7.51. The standard InChI is InChI=1S/C16H23N3O2.ClH/c1-3-17-7-8-18-15(20)12-5-4-6-13(10-12)19-16(21)14-9-11(14)2;/h4-6,10-11,14,17H,3,7-9H2,1-2H3,(H,18,20)(H,19,21);1H. The van der Waals surface area contributed by atoms with Gasteiger partial charge in [-0.3, -0.25) is 9.59 Å². The van der Waals surface area contributed by atoms with Crippen molar-refractivity contribution in [2.45, 2.75) is 20.3 Å². The van der Waals surface area contributed by atoms with Crippen molar-refractivity contribution in [3.63, 3.8) is 0 Å². The molecule has 5 nitrogen and oxygen atoms in total. The van der Waals surface area contributed by atoms with E-state index in [0.29, 0.717) is 23.7 Å². The molecule has 1 saturated carbocycles. The molecule has 3 N–H and O–H groups in total. The topological polar surface area (TPSA) is 70.2 Å². The fourth-order valence-electron chi connectivity index (χ4n) is 2.20. The summed E-state index contributed by atoms with van der Waals surface area (Å²) in [5.74, 6) is 0.529. The van der Waals surface area contributed by atoms with Crippen molar-refractivity contribution in [2.75, 3.05) is 25.0 Å². The first-order chi connectivity index (χ1) is 10.1. The molecule has 0 bridgehead atoms. The van der Waals surface area contributed by atoms with Gasteiger partial charge < -0.3 is 16.0 Å². The second-order valence-corrected chi connectivity index (χ2v) is 5.50. The third-order valence-corrected chi connectivity index (χ3v) is 3.68. The van der Waals surface area contributed by atoms with E-state index >= 15 is 0 Å². The molecule has 2 amide bonds. The van der Waals surface area contributed by atoms with E-state index in [9.17, 15) is 9.59 Å². The molecule has 0 radical (unpaired) electrons. The number of likely N-dealkylation sites (N-methyl/N-ethyl adjacent to an activating group) is 1. The van der Waals surface area contributed by atoms with E-state index in [1.807, 2.05) is 6.92 Å². The zero-order valence-electron chi connectivity index (χ0n) is 13.0. The van der Waals surface area contributed by atoms with Crippen LogP contribution in [0.3, 0.4) is 0 Å². The van der Waals surface area contributed by atoms with Crippen LogP contribution in [0, 0.1) is 11.8 Å². The first-order valence-corrected chi connectivity index (χ1v) is 7.51. The fraction of sp³-hybridized carbons (Fsp3) is 0.500. The molecule has 0 aliphatic heterocycles.